The highest BCUT2D eigenvalue weighted by Crippen LogP contribution is 2.33. The van der Waals surface area contributed by atoms with Crippen LogP contribution in [-0.2, 0) is 16.4 Å². The highest BCUT2D eigenvalue weighted by Gasteiger charge is 2.28. The summed E-state index contributed by atoms with van der Waals surface area (Å²) in [4.78, 5) is 0. The van der Waals surface area contributed by atoms with E-state index in [1.807, 2.05) is 45.9 Å². The zero-order chi connectivity index (χ0) is 15.8. The first-order valence-corrected chi connectivity index (χ1v) is 6.65. The highest BCUT2D eigenvalue weighted by atomic mass is 16.3. The van der Waals surface area contributed by atoms with Crippen molar-refractivity contribution in [1.29, 1.82) is 10.5 Å². The second-order valence-electron chi connectivity index (χ2n) is 6.83. The fourth-order valence-electron chi connectivity index (χ4n) is 1.83. The Morgan fingerprint density at radius 2 is 1.05 bits per heavy atom. The summed E-state index contributed by atoms with van der Waals surface area (Å²) in [6.45, 7) is 10.7. The average molecular weight is 270 g/mol. The summed E-state index contributed by atoms with van der Waals surface area (Å²) in [6, 6.07) is 10.1. The number of hydrogen-bond donors (Lipinski definition) is 1. The molecule has 1 N–H and O–H groups in total. The van der Waals surface area contributed by atoms with Crippen LogP contribution < -0.4 is 0 Å². The Kier molecular flexibility index (Phi) is 3.99. The van der Waals surface area contributed by atoms with E-state index in [0.29, 0.717) is 0 Å². The van der Waals surface area contributed by atoms with Crippen LogP contribution in [0.25, 0.3) is 0 Å². The molecule has 0 amide bonds. The molecule has 0 bridgehead atoms. The first-order chi connectivity index (χ1) is 8.94. The molecule has 0 atom stereocenters. The van der Waals surface area contributed by atoms with Crippen LogP contribution in [0.1, 0.15) is 58.2 Å². The Morgan fingerprint density at radius 1 is 0.750 bits per heavy atom. The molecule has 0 spiro atoms. The molecule has 106 valence electrons. The maximum absolute atomic E-state index is 10.2. The van der Waals surface area contributed by atoms with Crippen LogP contribution in [0.15, 0.2) is 18.2 Å². The van der Waals surface area contributed by atoms with Gasteiger partial charge in [-0.2, -0.15) is 10.5 Å². The van der Waals surface area contributed by atoms with Gasteiger partial charge in [0, 0.05) is 0 Å². The van der Waals surface area contributed by atoms with Crippen molar-refractivity contribution in [1.82, 2.24) is 0 Å². The Bertz CT molecular complexity index is 549. The molecule has 0 fully saturated rings. The van der Waals surface area contributed by atoms with E-state index in [4.69, 9.17) is 0 Å². The summed E-state index contributed by atoms with van der Waals surface area (Å²) in [6.07, 6.45) is 0. The van der Waals surface area contributed by atoms with Gasteiger partial charge in [-0.05, 0) is 58.2 Å². The molecule has 0 aliphatic rings. The van der Waals surface area contributed by atoms with E-state index >= 15 is 0 Å². The molecule has 0 aromatic heterocycles. The van der Waals surface area contributed by atoms with Crippen molar-refractivity contribution in [3.05, 3.63) is 34.9 Å². The maximum atomic E-state index is 10.2. The molecule has 1 aromatic carbocycles. The molecule has 0 radical (unpaired) electrons. The van der Waals surface area contributed by atoms with E-state index in [2.05, 4.69) is 12.1 Å². The number of nitriles is 2. The van der Waals surface area contributed by atoms with Gasteiger partial charge < -0.3 is 5.11 Å². The minimum atomic E-state index is -1.01. The Hall–Kier alpha value is -1.84. The molecule has 0 unspecified atom stereocenters. The summed E-state index contributed by atoms with van der Waals surface area (Å²) >= 11 is 0. The number of benzene rings is 1. The van der Waals surface area contributed by atoms with E-state index in [1.165, 1.54) is 0 Å². The smallest absolute Gasteiger partial charge is 0.0840 e. The number of rotatable bonds is 3. The molecule has 0 saturated heterocycles. The van der Waals surface area contributed by atoms with Gasteiger partial charge in [0.25, 0.3) is 0 Å². The molecular weight excluding hydrogens is 248 g/mol. The SMILES string of the molecule is CC(C)(O)c1cc(C(C)(C)C#N)cc(C(C)(C)C#N)c1. The zero-order valence-electron chi connectivity index (χ0n) is 13.1. The average Bonchev–Trinajstić information content (AvgIpc) is 2.37. The molecule has 0 saturated carbocycles. The third-order valence-corrected chi connectivity index (χ3v) is 3.64. The van der Waals surface area contributed by atoms with Gasteiger partial charge in [0.2, 0.25) is 0 Å². The molecule has 20 heavy (non-hydrogen) atoms. The van der Waals surface area contributed by atoms with Crippen molar-refractivity contribution in [2.75, 3.05) is 0 Å². The monoisotopic (exact) mass is 270 g/mol. The molecule has 0 aliphatic carbocycles. The third-order valence-electron chi connectivity index (χ3n) is 3.64. The summed E-state index contributed by atoms with van der Waals surface area (Å²) < 4.78 is 0. The number of nitrogens with zero attached hydrogens (tertiary/aromatic N) is 2. The Labute approximate surface area is 121 Å². The lowest BCUT2D eigenvalue weighted by atomic mass is 9.77. The fraction of sp³-hybridized carbons (Fsp3) is 0.529. The molecule has 1 aromatic rings. The standard InChI is InChI=1S/C17H22N2O/c1-15(2,10-18)12-7-13(16(3,4)11-19)9-14(8-12)17(5,6)20/h7-9,20H,1-6H3. The fourth-order valence-corrected chi connectivity index (χ4v) is 1.83. The van der Waals surface area contributed by atoms with Crippen LogP contribution >= 0.6 is 0 Å². The first-order valence-electron chi connectivity index (χ1n) is 6.65. The summed E-state index contributed by atoms with van der Waals surface area (Å²) in [7, 11) is 0. The molecule has 0 aliphatic heterocycles. The largest absolute Gasteiger partial charge is 0.386 e. The van der Waals surface area contributed by atoms with Gasteiger partial charge in [-0.15, -0.1) is 0 Å². The van der Waals surface area contributed by atoms with Crippen LogP contribution in [0.2, 0.25) is 0 Å². The van der Waals surface area contributed by atoms with E-state index in [0.717, 1.165) is 16.7 Å². The summed E-state index contributed by atoms with van der Waals surface area (Å²) in [5, 5.41) is 28.9. The van der Waals surface area contributed by atoms with Crippen molar-refractivity contribution in [3.8, 4) is 12.1 Å². The second kappa shape index (κ2) is 4.93. The predicted molar refractivity (Wildman–Crippen MR) is 79.0 cm³/mol. The molecule has 1 rings (SSSR count). The van der Waals surface area contributed by atoms with E-state index in [1.54, 1.807) is 13.8 Å². The predicted octanol–water partition coefficient (Wildman–Crippen LogP) is 3.52. The Morgan fingerprint density at radius 3 is 1.30 bits per heavy atom. The van der Waals surface area contributed by atoms with E-state index in [9.17, 15) is 15.6 Å². The molecule has 3 nitrogen and oxygen atoms in total. The number of hydrogen-bond acceptors (Lipinski definition) is 3. The molecule has 0 heterocycles. The third kappa shape index (κ3) is 3.18. The lowest BCUT2D eigenvalue weighted by Crippen LogP contribution is -2.23. The van der Waals surface area contributed by atoms with Crippen molar-refractivity contribution in [2.45, 2.75) is 58.0 Å². The lowest BCUT2D eigenvalue weighted by molar-refractivity contribution is 0.0783. The van der Waals surface area contributed by atoms with E-state index < -0.39 is 16.4 Å². The van der Waals surface area contributed by atoms with Crippen LogP contribution in [0.4, 0.5) is 0 Å². The minimum Gasteiger partial charge on any atom is -0.386 e. The first kappa shape index (κ1) is 16.2. The highest BCUT2D eigenvalue weighted by molar-refractivity contribution is 5.43. The quantitative estimate of drug-likeness (QED) is 0.913. The summed E-state index contributed by atoms with van der Waals surface area (Å²) in [5.74, 6) is 0. The van der Waals surface area contributed by atoms with Gasteiger partial charge in [-0.3, -0.25) is 0 Å². The van der Waals surface area contributed by atoms with Gasteiger partial charge in [0.1, 0.15) is 0 Å². The second-order valence-corrected chi connectivity index (χ2v) is 6.83. The summed E-state index contributed by atoms with van der Waals surface area (Å²) in [5.41, 5.74) is 0.0119. The van der Waals surface area contributed by atoms with Gasteiger partial charge in [0.05, 0.1) is 28.6 Å². The van der Waals surface area contributed by atoms with E-state index in [-0.39, 0.29) is 0 Å². The van der Waals surface area contributed by atoms with Crippen molar-refractivity contribution >= 4 is 0 Å². The van der Waals surface area contributed by atoms with Crippen LogP contribution in [0.3, 0.4) is 0 Å². The Balaban J connectivity index is 3.63. The van der Waals surface area contributed by atoms with Crippen LogP contribution in [0.5, 0.6) is 0 Å². The molecule has 3 heteroatoms. The van der Waals surface area contributed by atoms with Gasteiger partial charge in [-0.1, -0.05) is 18.2 Å². The minimum absolute atomic E-state index is 0.665. The van der Waals surface area contributed by atoms with Crippen molar-refractivity contribution in [3.63, 3.8) is 0 Å². The number of aliphatic hydroxyl groups is 1. The molecular formula is C17H22N2O. The maximum Gasteiger partial charge on any atom is 0.0840 e. The zero-order valence-corrected chi connectivity index (χ0v) is 13.1. The van der Waals surface area contributed by atoms with Crippen LogP contribution in [-0.4, -0.2) is 5.11 Å². The normalized spacial score (nSPS) is 12.7. The van der Waals surface area contributed by atoms with Gasteiger partial charge in [-0.25, -0.2) is 0 Å². The van der Waals surface area contributed by atoms with Gasteiger partial charge in [0.15, 0.2) is 0 Å². The topological polar surface area (TPSA) is 67.8 Å². The van der Waals surface area contributed by atoms with Crippen LogP contribution in [0, 0.1) is 22.7 Å². The lowest BCUT2D eigenvalue weighted by Gasteiger charge is -2.26. The van der Waals surface area contributed by atoms with Gasteiger partial charge >= 0.3 is 0 Å². The van der Waals surface area contributed by atoms with Crippen molar-refractivity contribution < 1.29 is 5.11 Å². The van der Waals surface area contributed by atoms with Crippen molar-refractivity contribution in [2.24, 2.45) is 0 Å².